The minimum absolute atomic E-state index is 0.143. The summed E-state index contributed by atoms with van der Waals surface area (Å²) in [6.45, 7) is 11.0. The van der Waals surface area contributed by atoms with E-state index in [2.05, 4.69) is 19.2 Å². The number of hydrogen-bond acceptors (Lipinski definition) is 2. The maximum atomic E-state index is 13.2. The molecule has 1 aliphatic rings. The smallest absolute Gasteiger partial charge is 0.320 e. The zero-order valence-corrected chi connectivity index (χ0v) is 15.6. The topological polar surface area (TPSA) is 35.6 Å². The average Bonchev–Trinajstić information content (AvgIpc) is 2.63. The van der Waals surface area contributed by atoms with Crippen molar-refractivity contribution in [3.8, 4) is 0 Å². The van der Waals surface area contributed by atoms with Crippen LogP contribution in [0.2, 0.25) is 0 Å². The number of nitrogens with zero attached hydrogens (tertiary/aromatic N) is 2. The van der Waals surface area contributed by atoms with Crippen molar-refractivity contribution in [3.63, 3.8) is 0 Å². The average molecular weight is 347 g/mol. The fourth-order valence-electron chi connectivity index (χ4n) is 3.23. The van der Waals surface area contributed by atoms with Gasteiger partial charge in [-0.1, -0.05) is 17.7 Å². The number of carbonyl (C=O) groups is 1. The van der Waals surface area contributed by atoms with E-state index in [9.17, 15) is 9.18 Å². The Morgan fingerprint density at radius 3 is 2.40 bits per heavy atom. The van der Waals surface area contributed by atoms with Crippen molar-refractivity contribution < 1.29 is 9.18 Å². The van der Waals surface area contributed by atoms with Crippen LogP contribution in [0.15, 0.2) is 29.8 Å². The van der Waals surface area contributed by atoms with Crippen molar-refractivity contribution in [2.24, 2.45) is 0 Å². The van der Waals surface area contributed by atoms with Gasteiger partial charge in [0, 0.05) is 39.3 Å². The molecule has 0 radical (unpaired) electrons. The summed E-state index contributed by atoms with van der Waals surface area (Å²) in [6, 6.07) is 6.82. The third-order valence-corrected chi connectivity index (χ3v) is 4.69. The van der Waals surface area contributed by atoms with Crippen molar-refractivity contribution >= 4 is 11.6 Å². The van der Waals surface area contributed by atoms with Crippen molar-refractivity contribution in [1.82, 2.24) is 15.1 Å². The van der Waals surface area contributed by atoms with E-state index >= 15 is 0 Å². The van der Waals surface area contributed by atoms with Crippen molar-refractivity contribution in [2.45, 2.75) is 33.6 Å². The van der Waals surface area contributed by atoms with Gasteiger partial charge in [0.1, 0.15) is 5.82 Å². The van der Waals surface area contributed by atoms with E-state index in [-0.39, 0.29) is 11.8 Å². The van der Waals surface area contributed by atoms with E-state index in [1.807, 2.05) is 28.9 Å². The second kappa shape index (κ2) is 9.56. The van der Waals surface area contributed by atoms with Crippen LogP contribution in [0, 0.1) is 5.82 Å². The molecular formula is C20H30FN3O. The highest BCUT2D eigenvalue weighted by molar-refractivity contribution is 5.74. The zero-order valence-electron chi connectivity index (χ0n) is 15.6. The molecular weight excluding hydrogens is 317 g/mol. The Balaban J connectivity index is 1.92. The number of carbonyl (C=O) groups excluding carboxylic acids is 1. The normalized spacial score (nSPS) is 14.3. The molecule has 138 valence electrons. The molecule has 1 saturated heterocycles. The Labute approximate surface area is 150 Å². The van der Waals surface area contributed by atoms with Crippen LogP contribution in [0.25, 0.3) is 5.57 Å². The summed E-state index contributed by atoms with van der Waals surface area (Å²) in [5, 5.41) is 3.27. The first-order valence-electron chi connectivity index (χ1n) is 9.19. The lowest BCUT2D eigenvalue weighted by Gasteiger charge is -2.33. The maximum absolute atomic E-state index is 13.2. The van der Waals surface area contributed by atoms with E-state index in [0.717, 1.165) is 57.7 Å². The summed E-state index contributed by atoms with van der Waals surface area (Å²) in [6.07, 6.45) is 1.79. The molecule has 1 aliphatic heterocycles. The summed E-state index contributed by atoms with van der Waals surface area (Å²) < 4.78 is 13.2. The van der Waals surface area contributed by atoms with Crippen molar-refractivity contribution in [3.05, 3.63) is 41.2 Å². The van der Waals surface area contributed by atoms with Crippen LogP contribution >= 0.6 is 0 Å². The fourth-order valence-corrected chi connectivity index (χ4v) is 3.23. The Morgan fingerprint density at radius 2 is 1.84 bits per heavy atom. The fraction of sp³-hybridized carbons (Fsp3) is 0.550. The van der Waals surface area contributed by atoms with Crippen LogP contribution in [0.4, 0.5) is 9.18 Å². The molecule has 0 atom stereocenters. The first-order valence-corrected chi connectivity index (χ1v) is 9.19. The van der Waals surface area contributed by atoms with Crippen LogP contribution in [0.5, 0.6) is 0 Å². The van der Waals surface area contributed by atoms with E-state index in [4.69, 9.17) is 0 Å². The number of piperazine rings is 1. The Hall–Kier alpha value is -1.88. The molecule has 2 amide bonds. The maximum Gasteiger partial charge on any atom is 0.320 e. The van der Waals surface area contributed by atoms with Crippen LogP contribution in [0.3, 0.4) is 0 Å². The van der Waals surface area contributed by atoms with E-state index in [0.29, 0.717) is 0 Å². The number of rotatable bonds is 6. The molecule has 1 fully saturated rings. The van der Waals surface area contributed by atoms with Gasteiger partial charge in [-0.15, -0.1) is 0 Å². The Kier molecular flexibility index (Phi) is 7.44. The van der Waals surface area contributed by atoms with Crippen LogP contribution < -0.4 is 5.32 Å². The second-order valence-electron chi connectivity index (χ2n) is 6.69. The van der Waals surface area contributed by atoms with Gasteiger partial charge in [-0.2, -0.15) is 0 Å². The van der Waals surface area contributed by atoms with Gasteiger partial charge in [-0.05, 0) is 56.9 Å². The van der Waals surface area contributed by atoms with Crippen LogP contribution in [-0.4, -0.2) is 55.1 Å². The molecule has 2 rings (SSSR count). The van der Waals surface area contributed by atoms with Gasteiger partial charge in [0.05, 0.1) is 0 Å². The van der Waals surface area contributed by atoms with Gasteiger partial charge >= 0.3 is 6.03 Å². The number of halogens is 1. The standard InChI is InChI=1S/C20H30FN3O/c1-4-23(20(25)24-14-11-22-12-15-24)13-5-6-19(16(2)3)17-7-9-18(21)10-8-17/h7-10,22H,4-6,11-15H2,1-3H3. The number of urea groups is 1. The van der Waals surface area contributed by atoms with Gasteiger partial charge in [-0.25, -0.2) is 9.18 Å². The number of benzene rings is 1. The highest BCUT2D eigenvalue weighted by Gasteiger charge is 2.21. The zero-order chi connectivity index (χ0) is 18.2. The summed E-state index contributed by atoms with van der Waals surface area (Å²) in [4.78, 5) is 16.5. The molecule has 4 nitrogen and oxygen atoms in total. The summed E-state index contributed by atoms with van der Waals surface area (Å²) >= 11 is 0. The lowest BCUT2D eigenvalue weighted by atomic mass is 9.97. The molecule has 0 saturated carbocycles. The van der Waals surface area contributed by atoms with Gasteiger partial charge in [-0.3, -0.25) is 0 Å². The lowest BCUT2D eigenvalue weighted by molar-refractivity contribution is 0.148. The predicted octanol–water partition coefficient (Wildman–Crippen LogP) is 3.75. The highest BCUT2D eigenvalue weighted by Crippen LogP contribution is 2.24. The molecule has 1 aromatic rings. The molecule has 0 aliphatic carbocycles. The van der Waals surface area contributed by atoms with E-state index in [1.54, 1.807) is 0 Å². The van der Waals surface area contributed by atoms with Gasteiger partial charge in [0.2, 0.25) is 0 Å². The number of amides is 2. The Bertz CT molecular complexity index is 587. The molecule has 0 aromatic heterocycles. The number of hydrogen-bond donors (Lipinski definition) is 1. The molecule has 0 spiro atoms. The molecule has 1 N–H and O–H groups in total. The molecule has 0 bridgehead atoms. The van der Waals surface area contributed by atoms with Crippen molar-refractivity contribution in [1.29, 1.82) is 0 Å². The second-order valence-corrected chi connectivity index (χ2v) is 6.69. The molecule has 0 unspecified atom stereocenters. The quantitative estimate of drug-likeness (QED) is 0.851. The molecule has 25 heavy (non-hydrogen) atoms. The third-order valence-electron chi connectivity index (χ3n) is 4.69. The monoisotopic (exact) mass is 347 g/mol. The summed E-state index contributed by atoms with van der Waals surface area (Å²) in [5.74, 6) is -0.212. The minimum atomic E-state index is -0.212. The summed E-state index contributed by atoms with van der Waals surface area (Å²) in [5.41, 5.74) is 3.55. The first kappa shape index (κ1) is 19.4. The summed E-state index contributed by atoms with van der Waals surface area (Å²) in [7, 11) is 0. The third kappa shape index (κ3) is 5.56. The van der Waals surface area contributed by atoms with E-state index in [1.165, 1.54) is 23.3 Å². The van der Waals surface area contributed by atoms with Crippen molar-refractivity contribution in [2.75, 3.05) is 39.3 Å². The van der Waals surface area contributed by atoms with E-state index < -0.39 is 0 Å². The van der Waals surface area contributed by atoms with Gasteiger partial charge < -0.3 is 15.1 Å². The van der Waals surface area contributed by atoms with Gasteiger partial charge in [0.25, 0.3) is 0 Å². The first-order chi connectivity index (χ1) is 12.0. The number of nitrogens with one attached hydrogen (secondary N) is 1. The van der Waals surface area contributed by atoms with Crippen LogP contribution in [0.1, 0.15) is 39.2 Å². The molecule has 5 heteroatoms. The highest BCUT2D eigenvalue weighted by atomic mass is 19.1. The number of allylic oxidation sites excluding steroid dienone is 2. The predicted molar refractivity (Wildman–Crippen MR) is 101 cm³/mol. The van der Waals surface area contributed by atoms with Crippen LogP contribution in [-0.2, 0) is 0 Å². The van der Waals surface area contributed by atoms with Gasteiger partial charge in [0.15, 0.2) is 0 Å². The Morgan fingerprint density at radius 1 is 1.20 bits per heavy atom. The lowest BCUT2D eigenvalue weighted by Crippen LogP contribution is -2.51. The minimum Gasteiger partial charge on any atom is -0.325 e. The molecule has 1 aromatic carbocycles. The SMILES string of the molecule is CCN(CCCC(=C(C)C)c1ccc(F)cc1)C(=O)N1CCNCC1. The largest absolute Gasteiger partial charge is 0.325 e. The molecule has 1 heterocycles.